The van der Waals surface area contributed by atoms with E-state index in [1.165, 1.54) is 12.8 Å². The third kappa shape index (κ3) is 3.27. The average molecular weight is 289 g/mol. The van der Waals surface area contributed by atoms with Crippen molar-refractivity contribution < 1.29 is 14.6 Å². The Morgan fingerprint density at radius 2 is 1.90 bits per heavy atom. The van der Waals surface area contributed by atoms with Crippen molar-refractivity contribution in [2.75, 3.05) is 7.05 Å². The van der Waals surface area contributed by atoms with Crippen molar-refractivity contribution in [3.05, 3.63) is 35.9 Å². The molecule has 2 aliphatic heterocycles. The highest BCUT2D eigenvalue weighted by Crippen LogP contribution is 2.35. The molecule has 4 heteroatoms. The maximum atomic E-state index is 12.0. The van der Waals surface area contributed by atoms with Gasteiger partial charge in [0, 0.05) is 18.5 Å². The zero-order chi connectivity index (χ0) is 14.8. The second-order valence-corrected chi connectivity index (χ2v) is 6.29. The van der Waals surface area contributed by atoms with E-state index in [9.17, 15) is 9.90 Å². The average Bonchev–Trinajstić information content (AvgIpc) is 2.71. The molecule has 0 amide bonds. The molecule has 0 saturated carbocycles. The first-order valence-electron chi connectivity index (χ1n) is 7.78. The minimum atomic E-state index is -1.07. The van der Waals surface area contributed by atoms with Crippen molar-refractivity contribution in [3.63, 3.8) is 0 Å². The van der Waals surface area contributed by atoms with Gasteiger partial charge in [0.25, 0.3) is 0 Å². The number of hydrogen-bond donors (Lipinski definition) is 1. The summed E-state index contributed by atoms with van der Waals surface area (Å²) in [5.74, 6) is -0.479. The van der Waals surface area contributed by atoms with Gasteiger partial charge < -0.3 is 14.7 Å². The van der Waals surface area contributed by atoms with Crippen LogP contribution in [0.3, 0.4) is 0 Å². The van der Waals surface area contributed by atoms with Gasteiger partial charge in [-0.15, -0.1) is 0 Å². The molecule has 2 heterocycles. The van der Waals surface area contributed by atoms with Crippen molar-refractivity contribution in [1.82, 2.24) is 4.90 Å². The zero-order valence-corrected chi connectivity index (χ0v) is 12.4. The molecule has 0 aliphatic carbocycles. The quantitative estimate of drug-likeness (QED) is 0.858. The molecule has 2 bridgehead atoms. The van der Waals surface area contributed by atoms with Gasteiger partial charge in [0.05, 0.1) is 0 Å². The summed E-state index contributed by atoms with van der Waals surface area (Å²) in [6.45, 7) is 0. The monoisotopic (exact) mass is 289 g/mol. The lowest BCUT2D eigenvalue weighted by atomic mass is 10.0. The highest BCUT2D eigenvalue weighted by atomic mass is 16.6. The van der Waals surface area contributed by atoms with Crippen LogP contribution in [0.5, 0.6) is 0 Å². The van der Waals surface area contributed by atoms with Crippen LogP contribution in [0.25, 0.3) is 0 Å². The smallest absolute Gasteiger partial charge is 0.335 e. The van der Waals surface area contributed by atoms with Crippen molar-refractivity contribution >= 4 is 5.97 Å². The third-order valence-corrected chi connectivity index (χ3v) is 4.88. The zero-order valence-electron chi connectivity index (χ0n) is 12.4. The van der Waals surface area contributed by atoms with Crippen molar-refractivity contribution in [2.45, 2.75) is 56.4 Å². The van der Waals surface area contributed by atoms with Gasteiger partial charge >= 0.3 is 5.97 Å². The lowest BCUT2D eigenvalue weighted by Gasteiger charge is -2.36. The molecule has 1 N–H and O–H groups in total. The number of ether oxygens (including phenoxy) is 1. The van der Waals surface area contributed by atoms with E-state index in [4.69, 9.17) is 4.74 Å². The lowest BCUT2D eigenvalue weighted by Crippen LogP contribution is -2.44. The summed E-state index contributed by atoms with van der Waals surface area (Å²) in [6, 6.07) is 10.6. The standard InChI is InChI=1S/C17H23NO3/c1-18-13-7-8-14(18)11-15(10-13)21-17(20)16(19)9-12-5-3-2-4-6-12/h2-6,13-16,19H,7-11H2,1H3/t13-,14?,15?,16?/m1/s1. The Balaban J connectivity index is 1.52. The van der Waals surface area contributed by atoms with Crippen LogP contribution in [0.2, 0.25) is 0 Å². The van der Waals surface area contributed by atoms with E-state index in [0.29, 0.717) is 18.5 Å². The topological polar surface area (TPSA) is 49.8 Å². The summed E-state index contributed by atoms with van der Waals surface area (Å²) in [7, 11) is 2.16. The van der Waals surface area contributed by atoms with Gasteiger partial charge in [-0.2, -0.15) is 0 Å². The van der Waals surface area contributed by atoms with Crippen LogP contribution in [0.4, 0.5) is 0 Å². The van der Waals surface area contributed by atoms with E-state index < -0.39 is 12.1 Å². The minimum absolute atomic E-state index is 0.0309. The van der Waals surface area contributed by atoms with Crippen LogP contribution in [-0.2, 0) is 16.0 Å². The van der Waals surface area contributed by atoms with Crippen LogP contribution in [-0.4, -0.2) is 47.3 Å². The summed E-state index contributed by atoms with van der Waals surface area (Å²) in [6.07, 6.45) is 3.41. The van der Waals surface area contributed by atoms with Crippen LogP contribution in [0.15, 0.2) is 30.3 Å². The molecule has 1 aromatic carbocycles. The predicted octanol–water partition coefficient (Wildman–Crippen LogP) is 1.76. The SMILES string of the molecule is CN1C2CC[C@@H]1CC(OC(=O)C(O)Cc1ccccc1)C2. The number of rotatable bonds is 4. The van der Waals surface area contributed by atoms with Gasteiger partial charge in [-0.1, -0.05) is 30.3 Å². The summed E-state index contributed by atoms with van der Waals surface area (Å²) in [5.41, 5.74) is 0.949. The number of aliphatic hydroxyl groups excluding tert-OH is 1. The number of fused-ring (bicyclic) bond motifs is 2. The maximum Gasteiger partial charge on any atom is 0.335 e. The molecule has 1 aromatic rings. The first-order chi connectivity index (χ1) is 10.1. The van der Waals surface area contributed by atoms with E-state index in [-0.39, 0.29) is 6.10 Å². The fourth-order valence-corrected chi connectivity index (χ4v) is 3.62. The fraction of sp³-hybridized carbons (Fsp3) is 0.588. The van der Waals surface area contributed by atoms with E-state index in [1.807, 2.05) is 30.3 Å². The van der Waals surface area contributed by atoms with Crippen LogP contribution in [0.1, 0.15) is 31.2 Å². The molecule has 4 nitrogen and oxygen atoms in total. The molecule has 3 rings (SSSR count). The number of piperidine rings is 1. The van der Waals surface area contributed by atoms with Gasteiger partial charge in [0.2, 0.25) is 0 Å². The molecule has 21 heavy (non-hydrogen) atoms. The fourth-order valence-electron chi connectivity index (χ4n) is 3.62. The van der Waals surface area contributed by atoms with Gasteiger partial charge in [-0.05, 0) is 38.3 Å². The first kappa shape index (κ1) is 14.5. The molecular formula is C17H23NO3. The Morgan fingerprint density at radius 1 is 1.29 bits per heavy atom. The predicted molar refractivity (Wildman–Crippen MR) is 79.8 cm³/mol. The summed E-state index contributed by atoms with van der Waals surface area (Å²) in [5, 5.41) is 10.0. The number of aliphatic hydroxyl groups is 1. The number of hydrogen-bond acceptors (Lipinski definition) is 4. The van der Waals surface area contributed by atoms with Crippen LogP contribution < -0.4 is 0 Å². The highest BCUT2D eigenvalue weighted by molar-refractivity contribution is 5.75. The van der Waals surface area contributed by atoms with Gasteiger partial charge in [0.15, 0.2) is 6.10 Å². The Bertz CT molecular complexity index is 476. The second-order valence-electron chi connectivity index (χ2n) is 6.29. The van der Waals surface area contributed by atoms with E-state index >= 15 is 0 Å². The molecule has 4 atom stereocenters. The highest BCUT2D eigenvalue weighted by Gasteiger charge is 2.40. The molecular weight excluding hydrogens is 266 g/mol. The third-order valence-electron chi connectivity index (χ3n) is 4.88. The molecule has 2 saturated heterocycles. The Hall–Kier alpha value is -1.39. The number of carbonyl (C=O) groups excluding carboxylic acids is 1. The first-order valence-corrected chi connectivity index (χ1v) is 7.78. The summed E-state index contributed by atoms with van der Waals surface area (Å²) >= 11 is 0. The Morgan fingerprint density at radius 3 is 2.52 bits per heavy atom. The van der Waals surface area contributed by atoms with Gasteiger partial charge in [0.1, 0.15) is 6.10 Å². The lowest BCUT2D eigenvalue weighted by molar-refractivity contribution is -0.162. The van der Waals surface area contributed by atoms with Crippen molar-refractivity contribution in [1.29, 1.82) is 0 Å². The largest absolute Gasteiger partial charge is 0.460 e. The summed E-state index contributed by atoms with van der Waals surface area (Å²) < 4.78 is 5.54. The minimum Gasteiger partial charge on any atom is -0.460 e. The summed E-state index contributed by atoms with van der Waals surface area (Å²) in [4.78, 5) is 14.5. The normalized spacial score (nSPS) is 30.1. The molecule has 0 spiro atoms. The van der Waals surface area contributed by atoms with Gasteiger partial charge in [-0.3, -0.25) is 0 Å². The molecule has 0 radical (unpaired) electrons. The molecule has 2 aliphatic rings. The van der Waals surface area contributed by atoms with E-state index in [0.717, 1.165) is 18.4 Å². The van der Waals surface area contributed by atoms with Crippen molar-refractivity contribution in [3.8, 4) is 0 Å². The van der Waals surface area contributed by atoms with E-state index in [2.05, 4.69) is 11.9 Å². The van der Waals surface area contributed by atoms with Crippen LogP contribution >= 0.6 is 0 Å². The van der Waals surface area contributed by atoms with Gasteiger partial charge in [-0.25, -0.2) is 4.79 Å². The van der Waals surface area contributed by atoms with Crippen LogP contribution in [0, 0.1) is 0 Å². The number of benzene rings is 1. The van der Waals surface area contributed by atoms with E-state index in [1.54, 1.807) is 0 Å². The number of nitrogens with zero attached hydrogens (tertiary/aromatic N) is 1. The molecule has 3 unspecified atom stereocenters. The Labute approximate surface area is 125 Å². The maximum absolute atomic E-state index is 12.0. The second kappa shape index (κ2) is 6.16. The Kier molecular flexibility index (Phi) is 4.27. The molecule has 114 valence electrons. The molecule has 2 fully saturated rings. The number of carbonyl (C=O) groups is 1. The molecule has 0 aromatic heterocycles. The number of esters is 1. The van der Waals surface area contributed by atoms with Crippen molar-refractivity contribution in [2.24, 2.45) is 0 Å².